The van der Waals surface area contributed by atoms with Crippen molar-refractivity contribution in [3.8, 4) is 0 Å². The van der Waals surface area contributed by atoms with Gasteiger partial charge in [-0.2, -0.15) is 0 Å². The summed E-state index contributed by atoms with van der Waals surface area (Å²) in [6, 6.07) is 2.13. The van der Waals surface area contributed by atoms with Crippen molar-refractivity contribution in [3.63, 3.8) is 0 Å². The molecule has 0 radical (unpaired) electrons. The molecular formula is C14H18F2N2O. The molecule has 0 aromatic heterocycles. The van der Waals surface area contributed by atoms with Gasteiger partial charge in [0.15, 0.2) is 0 Å². The number of hydrogen-bond donors (Lipinski definition) is 2. The van der Waals surface area contributed by atoms with Gasteiger partial charge >= 0.3 is 0 Å². The van der Waals surface area contributed by atoms with Gasteiger partial charge in [-0.05, 0) is 31.4 Å². The fraction of sp³-hybridized carbons (Fsp3) is 0.500. The minimum Gasteiger partial charge on any atom is -0.381 e. The lowest BCUT2D eigenvalue weighted by atomic mass is 10.1. The van der Waals surface area contributed by atoms with E-state index in [1.54, 1.807) is 6.92 Å². The highest BCUT2D eigenvalue weighted by atomic mass is 19.1. The van der Waals surface area contributed by atoms with Crippen LogP contribution in [-0.4, -0.2) is 19.0 Å². The topological polar surface area (TPSA) is 41.1 Å². The van der Waals surface area contributed by atoms with E-state index >= 15 is 0 Å². The van der Waals surface area contributed by atoms with Crippen LogP contribution in [0.1, 0.15) is 36.5 Å². The summed E-state index contributed by atoms with van der Waals surface area (Å²) in [6.07, 6.45) is 3.37. The van der Waals surface area contributed by atoms with Gasteiger partial charge in [0.2, 0.25) is 0 Å². The molecule has 1 fully saturated rings. The van der Waals surface area contributed by atoms with E-state index in [9.17, 15) is 13.6 Å². The summed E-state index contributed by atoms with van der Waals surface area (Å²) < 4.78 is 27.3. The molecule has 1 aromatic carbocycles. The van der Waals surface area contributed by atoms with E-state index < -0.39 is 17.5 Å². The Morgan fingerprint density at radius 1 is 1.32 bits per heavy atom. The van der Waals surface area contributed by atoms with Crippen molar-refractivity contribution >= 4 is 11.6 Å². The lowest BCUT2D eigenvalue weighted by Crippen LogP contribution is -2.25. The molecule has 0 spiro atoms. The monoisotopic (exact) mass is 268 g/mol. The number of benzene rings is 1. The molecule has 0 atom stereocenters. The average Bonchev–Trinajstić information content (AvgIpc) is 3.17. The van der Waals surface area contributed by atoms with E-state index in [2.05, 4.69) is 10.6 Å². The number of hydrogen-bond acceptors (Lipinski definition) is 2. The van der Waals surface area contributed by atoms with E-state index in [-0.39, 0.29) is 11.3 Å². The normalized spacial score (nSPS) is 14.3. The Kier molecular flexibility index (Phi) is 4.35. The van der Waals surface area contributed by atoms with Crippen LogP contribution in [0.5, 0.6) is 0 Å². The first-order valence-electron chi connectivity index (χ1n) is 6.63. The van der Waals surface area contributed by atoms with Crippen molar-refractivity contribution in [1.29, 1.82) is 0 Å². The quantitative estimate of drug-likeness (QED) is 0.833. The summed E-state index contributed by atoms with van der Waals surface area (Å²) in [4.78, 5) is 11.8. The molecular weight excluding hydrogens is 250 g/mol. The maximum atomic E-state index is 13.6. The number of anilines is 1. The molecule has 0 saturated heterocycles. The van der Waals surface area contributed by atoms with Gasteiger partial charge in [0.25, 0.3) is 5.91 Å². The second-order valence-corrected chi connectivity index (χ2v) is 4.83. The molecule has 0 aliphatic heterocycles. The smallest absolute Gasteiger partial charge is 0.251 e. The standard InChI is InChI=1S/C14H18F2N2O/c1-2-17-13-11(15)7-10(8-12(13)16)14(19)18-6-5-9-3-4-9/h7-9,17H,2-6H2,1H3,(H,18,19). The number of carbonyl (C=O) groups excluding carboxylic acids is 1. The molecule has 1 aliphatic rings. The maximum Gasteiger partial charge on any atom is 0.251 e. The first-order valence-corrected chi connectivity index (χ1v) is 6.63. The van der Waals surface area contributed by atoms with Gasteiger partial charge in [0.1, 0.15) is 17.3 Å². The Bertz CT molecular complexity index is 450. The molecule has 1 aliphatic carbocycles. The van der Waals surface area contributed by atoms with Crippen LogP contribution in [-0.2, 0) is 0 Å². The summed E-state index contributed by atoms with van der Waals surface area (Å²) in [5.41, 5.74) is -0.163. The molecule has 2 N–H and O–H groups in total. The van der Waals surface area contributed by atoms with E-state index in [0.717, 1.165) is 18.6 Å². The SMILES string of the molecule is CCNc1c(F)cc(C(=O)NCCC2CC2)cc1F. The Hall–Kier alpha value is -1.65. The zero-order valence-corrected chi connectivity index (χ0v) is 10.9. The number of carbonyl (C=O) groups is 1. The van der Waals surface area contributed by atoms with Crippen LogP contribution < -0.4 is 10.6 Å². The Morgan fingerprint density at radius 3 is 2.47 bits per heavy atom. The second-order valence-electron chi connectivity index (χ2n) is 4.83. The molecule has 1 saturated carbocycles. The van der Waals surface area contributed by atoms with Crippen molar-refractivity contribution in [2.24, 2.45) is 5.92 Å². The minimum atomic E-state index is -0.741. The predicted octanol–water partition coefficient (Wildman–Crippen LogP) is 2.93. The van der Waals surface area contributed by atoms with Gasteiger partial charge in [-0.3, -0.25) is 4.79 Å². The summed E-state index contributed by atoms with van der Waals surface area (Å²) in [5, 5.41) is 5.28. The first kappa shape index (κ1) is 13.8. The van der Waals surface area contributed by atoms with Crippen LogP contribution in [0.3, 0.4) is 0 Å². The molecule has 0 bridgehead atoms. The van der Waals surface area contributed by atoms with Crippen molar-refractivity contribution in [2.45, 2.75) is 26.2 Å². The van der Waals surface area contributed by atoms with Crippen LogP contribution in [0.25, 0.3) is 0 Å². The van der Waals surface area contributed by atoms with Crippen LogP contribution in [0.4, 0.5) is 14.5 Å². The lowest BCUT2D eigenvalue weighted by Gasteiger charge is -2.09. The zero-order chi connectivity index (χ0) is 13.8. The largest absolute Gasteiger partial charge is 0.381 e. The van der Waals surface area contributed by atoms with Gasteiger partial charge in [0.05, 0.1) is 0 Å². The Balaban J connectivity index is 2.00. The second kappa shape index (κ2) is 5.99. The molecule has 104 valence electrons. The van der Waals surface area contributed by atoms with Gasteiger partial charge in [0, 0.05) is 18.7 Å². The highest BCUT2D eigenvalue weighted by Crippen LogP contribution is 2.31. The lowest BCUT2D eigenvalue weighted by molar-refractivity contribution is 0.0952. The molecule has 3 nitrogen and oxygen atoms in total. The third-order valence-electron chi connectivity index (χ3n) is 3.19. The van der Waals surface area contributed by atoms with Gasteiger partial charge < -0.3 is 10.6 Å². The highest BCUT2D eigenvalue weighted by molar-refractivity contribution is 5.94. The average molecular weight is 268 g/mol. The van der Waals surface area contributed by atoms with E-state index in [1.807, 2.05) is 0 Å². The number of rotatable bonds is 6. The van der Waals surface area contributed by atoms with Crippen molar-refractivity contribution in [2.75, 3.05) is 18.4 Å². The maximum absolute atomic E-state index is 13.6. The van der Waals surface area contributed by atoms with Crippen LogP contribution in [0.15, 0.2) is 12.1 Å². The van der Waals surface area contributed by atoms with E-state index in [1.165, 1.54) is 12.8 Å². The number of amides is 1. The zero-order valence-electron chi connectivity index (χ0n) is 10.9. The van der Waals surface area contributed by atoms with Crippen molar-refractivity contribution in [3.05, 3.63) is 29.3 Å². The molecule has 0 heterocycles. The molecule has 5 heteroatoms. The fourth-order valence-corrected chi connectivity index (χ4v) is 1.95. The summed E-state index contributed by atoms with van der Waals surface area (Å²) in [5.74, 6) is -1.20. The highest BCUT2D eigenvalue weighted by Gasteiger charge is 2.21. The molecule has 1 aromatic rings. The molecule has 1 amide bonds. The van der Waals surface area contributed by atoms with Crippen LogP contribution in [0.2, 0.25) is 0 Å². The van der Waals surface area contributed by atoms with E-state index in [0.29, 0.717) is 19.0 Å². The van der Waals surface area contributed by atoms with E-state index in [4.69, 9.17) is 0 Å². The number of nitrogens with one attached hydrogen (secondary N) is 2. The minimum absolute atomic E-state index is 0.0208. The van der Waals surface area contributed by atoms with Crippen LogP contribution >= 0.6 is 0 Å². The third-order valence-corrected chi connectivity index (χ3v) is 3.19. The predicted molar refractivity (Wildman–Crippen MR) is 70.2 cm³/mol. The first-order chi connectivity index (χ1) is 9.11. The Labute approximate surface area is 111 Å². The van der Waals surface area contributed by atoms with Gasteiger partial charge in [-0.15, -0.1) is 0 Å². The molecule has 2 rings (SSSR count). The molecule has 19 heavy (non-hydrogen) atoms. The fourth-order valence-electron chi connectivity index (χ4n) is 1.95. The summed E-state index contributed by atoms with van der Waals surface area (Å²) in [6.45, 7) is 2.72. The summed E-state index contributed by atoms with van der Waals surface area (Å²) >= 11 is 0. The third kappa shape index (κ3) is 3.66. The Morgan fingerprint density at radius 2 is 1.95 bits per heavy atom. The van der Waals surface area contributed by atoms with Crippen LogP contribution in [0, 0.1) is 17.6 Å². The van der Waals surface area contributed by atoms with Crippen molar-refractivity contribution in [1.82, 2.24) is 5.32 Å². The summed E-state index contributed by atoms with van der Waals surface area (Å²) in [7, 11) is 0. The van der Waals surface area contributed by atoms with Gasteiger partial charge in [-0.25, -0.2) is 8.78 Å². The van der Waals surface area contributed by atoms with Gasteiger partial charge in [-0.1, -0.05) is 12.8 Å². The molecule has 0 unspecified atom stereocenters. The van der Waals surface area contributed by atoms with Crippen molar-refractivity contribution < 1.29 is 13.6 Å². The number of halogens is 2.